The first kappa shape index (κ1) is 29.4. The van der Waals surface area contributed by atoms with Crippen LogP contribution in [0.25, 0.3) is 0 Å². The summed E-state index contributed by atoms with van der Waals surface area (Å²) in [4.78, 5) is 40.3. The Hall–Kier alpha value is -3.11. The van der Waals surface area contributed by atoms with Gasteiger partial charge in [-0.3, -0.25) is 14.5 Å². The zero-order valence-electron chi connectivity index (χ0n) is 20.8. The number of benzene rings is 2. The van der Waals surface area contributed by atoms with Gasteiger partial charge in [-0.1, -0.05) is 41.9 Å². The summed E-state index contributed by atoms with van der Waals surface area (Å²) in [7, 11) is 2.84. The molecule has 2 heterocycles. The van der Waals surface area contributed by atoms with Gasteiger partial charge in [-0.2, -0.15) is 0 Å². The third-order valence-corrected chi connectivity index (χ3v) is 7.36. The molecule has 2 aromatic carbocycles. The summed E-state index contributed by atoms with van der Waals surface area (Å²) in [5, 5.41) is 0.940. The van der Waals surface area contributed by atoms with Crippen LogP contribution < -0.4 is 14.2 Å². The molecule has 0 bridgehead atoms. The predicted molar refractivity (Wildman–Crippen MR) is 145 cm³/mol. The molecule has 0 N–H and O–H groups in total. The van der Waals surface area contributed by atoms with Gasteiger partial charge in [0.2, 0.25) is 0 Å². The zero-order valence-corrected chi connectivity index (χ0v) is 23.2. The molecule has 11 heteroatoms. The molecule has 1 atom stereocenters. The maximum absolute atomic E-state index is 12.7. The molecule has 1 aliphatic heterocycles. The van der Waals surface area contributed by atoms with E-state index in [0.717, 1.165) is 10.4 Å². The van der Waals surface area contributed by atoms with E-state index in [1.807, 2.05) is 23.1 Å². The molecular weight excluding hydrogens is 553 g/mol. The van der Waals surface area contributed by atoms with Crippen LogP contribution in [0.3, 0.4) is 0 Å². The van der Waals surface area contributed by atoms with E-state index in [0.29, 0.717) is 46.7 Å². The Balaban J connectivity index is 0.00000400. The fraction of sp³-hybridized carbons (Fsp3) is 0.296. The van der Waals surface area contributed by atoms with E-state index in [-0.39, 0.29) is 25.2 Å². The fourth-order valence-electron chi connectivity index (χ4n) is 4.12. The topological polar surface area (TPSA) is 91.4 Å². The van der Waals surface area contributed by atoms with Gasteiger partial charge in [-0.25, -0.2) is 4.79 Å². The molecule has 0 fully saturated rings. The van der Waals surface area contributed by atoms with Crippen molar-refractivity contribution in [2.75, 3.05) is 20.8 Å². The average Bonchev–Trinajstić information content (AvgIpc) is 3.30. The lowest BCUT2D eigenvalue weighted by atomic mass is 10.0. The van der Waals surface area contributed by atoms with Crippen LogP contribution in [-0.4, -0.2) is 43.6 Å². The molecule has 0 saturated carbocycles. The Morgan fingerprint density at radius 3 is 2.32 bits per heavy atom. The highest BCUT2D eigenvalue weighted by Crippen LogP contribution is 2.38. The van der Waals surface area contributed by atoms with Crippen molar-refractivity contribution in [1.29, 1.82) is 0 Å². The smallest absolute Gasteiger partial charge is 0.327 e. The Morgan fingerprint density at radius 2 is 1.63 bits per heavy atom. The van der Waals surface area contributed by atoms with Crippen molar-refractivity contribution in [2.24, 2.45) is 0 Å². The maximum Gasteiger partial charge on any atom is 0.327 e. The number of esters is 3. The van der Waals surface area contributed by atoms with Crippen molar-refractivity contribution in [2.45, 2.75) is 31.8 Å². The Morgan fingerprint density at radius 1 is 0.974 bits per heavy atom. The van der Waals surface area contributed by atoms with Gasteiger partial charge in [0, 0.05) is 23.0 Å². The van der Waals surface area contributed by atoms with Crippen molar-refractivity contribution < 1.29 is 33.3 Å². The zero-order chi connectivity index (χ0) is 26.4. The summed E-state index contributed by atoms with van der Waals surface area (Å²) in [6.07, 6.45) is 0.425. The van der Waals surface area contributed by atoms with E-state index in [4.69, 9.17) is 30.5 Å². The highest BCUT2D eigenvalue weighted by molar-refractivity contribution is 7.14. The largest absolute Gasteiger partial charge is 0.493 e. The third-order valence-electron chi connectivity index (χ3n) is 5.90. The van der Waals surface area contributed by atoms with Crippen LogP contribution in [0.5, 0.6) is 16.6 Å². The van der Waals surface area contributed by atoms with Gasteiger partial charge in [0.05, 0.1) is 27.1 Å². The molecule has 0 amide bonds. The molecule has 38 heavy (non-hydrogen) atoms. The SMILES string of the molecule is COC(=O)[C@H](c1ccccc1Cl)N1CCc2sc(OC(=O)CCC(=O)Oc3ccccc3OC)cc2C1.Cl. The third kappa shape index (κ3) is 7.05. The number of halogens is 2. The molecule has 3 aromatic rings. The van der Waals surface area contributed by atoms with Crippen LogP contribution in [0.1, 0.15) is 34.9 Å². The molecule has 202 valence electrons. The number of hydrogen-bond acceptors (Lipinski definition) is 9. The van der Waals surface area contributed by atoms with E-state index in [1.54, 1.807) is 36.4 Å². The number of carbonyl (C=O) groups is 3. The second-order valence-electron chi connectivity index (χ2n) is 8.28. The van der Waals surface area contributed by atoms with Gasteiger partial charge < -0.3 is 18.9 Å². The van der Waals surface area contributed by atoms with Gasteiger partial charge in [-0.05, 0) is 41.8 Å². The van der Waals surface area contributed by atoms with Crippen molar-refractivity contribution in [3.63, 3.8) is 0 Å². The Kier molecular flexibility index (Phi) is 10.6. The van der Waals surface area contributed by atoms with Crippen molar-refractivity contribution in [3.05, 3.63) is 75.6 Å². The lowest BCUT2D eigenvalue weighted by Crippen LogP contribution is -2.38. The summed E-state index contributed by atoms with van der Waals surface area (Å²) in [5.74, 6) is -0.758. The molecule has 8 nitrogen and oxygen atoms in total. The lowest BCUT2D eigenvalue weighted by Gasteiger charge is -2.33. The molecule has 0 spiro atoms. The second-order valence-corrected chi connectivity index (χ2v) is 9.79. The summed E-state index contributed by atoms with van der Waals surface area (Å²) >= 11 is 7.77. The number of carbonyl (C=O) groups excluding carboxylic acids is 3. The number of hydrogen-bond donors (Lipinski definition) is 0. The van der Waals surface area contributed by atoms with Crippen LogP contribution >= 0.6 is 35.3 Å². The second kappa shape index (κ2) is 13.6. The highest BCUT2D eigenvalue weighted by atomic mass is 35.5. The van der Waals surface area contributed by atoms with E-state index >= 15 is 0 Å². The van der Waals surface area contributed by atoms with Crippen molar-refractivity contribution >= 4 is 53.3 Å². The van der Waals surface area contributed by atoms with Gasteiger partial charge in [0.25, 0.3) is 0 Å². The Labute approximate surface area is 235 Å². The number of methoxy groups -OCH3 is 2. The molecule has 4 rings (SSSR count). The van der Waals surface area contributed by atoms with E-state index in [9.17, 15) is 14.4 Å². The number of ether oxygens (including phenoxy) is 4. The van der Waals surface area contributed by atoms with Crippen LogP contribution in [0.2, 0.25) is 5.02 Å². The fourth-order valence-corrected chi connectivity index (χ4v) is 5.39. The molecule has 1 aliphatic rings. The van der Waals surface area contributed by atoms with E-state index in [2.05, 4.69) is 0 Å². The average molecular weight is 580 g/mol. The van der Waals surface area contributed by atoms with Gasteiger partial charge in [0.15, 0.2) is 16.6 Å². The number of fused-ring (bicyclic) bond motifs is 1. The highest BCUT2D eigenvalue weighted by Gasteiger charge is 2.33. The summed E-state index contributed by atoms with van der Waals surface area (Å²) < 4.78 is 21.0. The molecule has 0 saturated heterocycles. The Bertz CT molecular complexity index is 1300. The number of rotatable bonds is 9. The van der Waals surface area contributed by atoms with E-state index < -0.39 is 23.9 Å². The van der Waals surface area contributed by atoms with Crippen LogP contribution in [0.4, 0.5) is 0 Å². The molecule has 0 radical (unpaired) electrons. The molecular formula is C27H27Cl2NO7S. The minimum Gasteiger partial charge on any atom is -0.493 e. The van der Waals surface area contributed by atoms with Crippen LogP contribution in [0, 0.1) is 0 Å². The first-order chi connectivity index (χ1) is 17.9. The molecule has 0 aliphatic carbocycles. The summed E-state index contributed by atoms with van der Waals surface area (Å²) in [6.45, 7) is 1.08. The van der Waals surface area contributed by atoms with Gasteiger partial charge >= 0.3 is 17.9 Å². The number of nitrogens with zero attached hydrogens (tertiary/aromatic N) is 1. The summed E-state index contributed by atoms with van der Waals surface area (Å²) in [5.41, 5.74) is 1.65. The van der Waals surface area contributed by atoms with E-state index in [1.165, 1.54) is 25.6 Å². The monoisotopic (exact) mass is 579 g/mol. The standard InChI is InChI=1S/C27H26ClNO7S.ClH/c1-33-20-9-5-6-10-21(20)35-23(30)11-12-24(31)36-25-15-17-16-29(14-13-22(17)37-25)26(27(32)34-2)18-7-3-4-8-19(18)28;/h3-10,15,26H,11-14,16H2,1-2H3;1H/t26-;/m0./s1. The quantitative estimate of drug-likeness (QED) is 0.246. The van der Waals surface area contributed by atoms with Gasteiger partial charge in [-0.15, -0.1) is 23.7 Å². The summed E-state index contributed by atoms with van der Waals surface area (Å²) in [6, 6.07) is 15.2. The number of thiophene rings is 1. The normalized spacial score (nSPS) is 13.4. The molecule has 0 unspecified atom stereocenters. The minimum absolute atomic E-state index is 0. The van der Waals surface area contributed by atoms with Crippen molar-refractivity contribution in [3.8, 4) is 16.6 Å². The predicted octanol–water partition coefficient (Wildman–Crippen LogP) is 5.40. The molecule has 1 aromatic heterocycles. The number of para-hydroxylation sites is 2. The first-order valence-corrected chi connectivity index (χ1v) is 12.8. The van der Waals surface area contributed by atoms with Crippen molar-refractivity contribution in [1.82, 2.24) is 4.90 Å². The lowest BCUT2D eigenvalue weighted by molar-refractivity contribution is -0.147. The van der Waals surface area contributed by atoms with Crippen LogP contribution in [0.15, 0.2) is 54.6 Å². The van der Waals surface area contributed by atoms with Gasteiger partial charge in [0.1, 0.15) is 6.04 Å². The maximum atomic E-state index is 12.7. The minimum atomic E-state index is -0.646. The first-order valence-electron chi connectivity index (χ1n) is 11.6. The van der Waals surface area contributed by atoms with Crippen LogP contribution in [-0.2, 0) is 32.1 Å².